The third-order valence-electron chi connectivity index (χ3n) is 6.88. The number of carbonyl (C=O) groups is 1. The van der Waals surface area contributed by atoms with E-state index in [-0.39, 0.29) is 24.4 Å². The van der Waals surface area contributed by atoms with Gasteiger partial charge in [0, 0.05) is 42.8 Å². The molecule has 192 valence electrons. The molecule has 0 spiro atoms. The van der Waals surface area contributed by atoms with Gasteiger partial charge in [0.2, 0.25) is 5.91 Å². The number of piperidine rings is 1. The quantitative estimate of drug-likeness (QED) is 0.510. The lowest BCUT2D eigenvalue weighted by atomic mass is 9.83. The fourth-order valence-corrected chi connectivity index (χ4v) is 4.81. The molecule has 1 aromatic heterocycles. The summed E-state index contributed by atoms with van der Waals surface area (Å²) in [5.41, 5.74) is 1.19. The van der Waals surface area contributed by atoms with Gasteiger partial charge in [0.15, 0.2) is 0 Å². The molecule has 8 nitrogen and oxygen atoms in total. The minimum atomic E-state index is -1.19. The molecular formula is C27H33FN4O4. The van der Waals surface area contributed by atoms with E-state index in [1.54, 1.807) is 44.1 Å². The van der Waals surface area contributed by atoms with Gasteiger partial charge >= 0.3 is 0 Å². The van der Waals surface area contributed by atoms with Gasteiger partial charge in [0.25, 0.3) is 0 Å². The summed E-state index contributed by atoms with van der Waals surface area (Å²) >= 11 is 0. The van der Waals surface area contributed by atoms with Crippen molar-refractivity contribution in [2.75, 3.05) is 39.2 Å². The average Bonchev–Trinajstić information content (AvgIpc) is 2.85. The first-order valence-electron chi connectivity index (χ1n) is 12.0. The number of aryl methyl sites for hydroxylation is 2. The molecule has 0 aliphatic carbocycles. The summed E-state index contributed by atoms with van der Waals surface area (Å²) in [6, 6.07) is 8.61. The smallest absolute Gasteiger partial charge is 0.248 e. The maximum absolute atomic E-state index is 14.8. The SMILES string of the molecule is COCC(=O)N1CCC(O)(c2cc3c(N[C@H](C)c4cccc(C)c4F)nc(C)nc3cc2OC)CC1. The van der Waals surface area contributed by atoms with Crippen LogP contribution in [0, 0.1) is 19.7 Å². The molecule has 3 aromatic rings. The van der Waals surface area contributed by atoms with Crippen LogP contribution in [0.1, 0.15) is 48.3 Å². The van der Waals surface area contributed by atoms with Crippen molar-refractivity contribution < 1.29 is 23.8 Å². The zero-order chi connectivity index (χ0) is 26.0. The number of carbonyl (C=O) groups excluding carboxylic acids is 1. The molecule has 4 rings (SSSR count). The molecule has 2 aromatic carbocycles. The fourth-order valence-electron chi connectivity index (χ4n) is 4.81. The van der Waals surface area contributed by atoms with E-state index in [1.807, 2.05) is 19.1 Å². The molecule has 2 heterocycles. The monoisotopic (exact) mass is 496 g/mol. The standard InChI is InChI=1S/C27H33FN4O4/c1-16-7-6-8-19(25(16)28)17(2)29-26-20-13-21(23(36-5)14-22(20)30-18(3)31-26)27(34)9-11-32(12-10-27)24(33)15-35-4/h6-8,13-14,17,34H,9-12,15H2,1-5H3,(H,29,30,31)/t17-/m1/s1. The molecule has 0 unspecified atom stereocenters. The van der Waals surface area contributed by atoms with Crippen molar-refractivity contribution in [3.8, 4) is 5.75 Å². The van der Waals surface area contributed by atoms with Crippen molar-refractivity contribution >= 4 is 22.6 Å². The molecule has 0 radical (unpaired) electrons. The highest BCUT2D eigenvalue weighted by atomic mass is 19.1. The van der Waals surface area contributed by atoms with E-state index in [0.717, 1.165) is 0 Å². The van der Waals surface area contributed by atoms with Crippen LogP contribution < -0.4 is 10.1 Å². The summed E-state index contributed by atoms with van der Waals surface area (Å²) in [7, 11) is 3.04. The largest absolute Gasteiger partial charge is 0.496 e. The molecular weight excluding hydrogens is 463 g/mol. The van der Waals surface area contributed by atoms with Crippen molar-refractivity contribution in [2.45, 2.75) is 45.3 Å². The lowest BCUT2D eigenvalue weighted by Gasteiger charge is -2.39. The lowest BCUT2D eigenvalue weighted by Crippen LogP contribution is -2.46. The van der Waals surface area contributed by atoms with Gasteiger partial charge in [-0.05, 0) is 45.2 Å². The highest BCUT2D eigenvalue weighted by Gasteiger charge is 2.38. The highest BCUT2D eigenvalue weighted by Crippen LogP contribution is 2.41. The zero-order valence-corrected chi connectivity index (χ0v) is 21.4. The Balaban J connectivity index is 1.71. The van der Waals surface area contributed by atoms with Gasteiger partial charge in [-0.1, -0.05) is 18.2 Å². The van der Waals surface area contributed by atoms with E-state index in [9.17, 15) is 14.3 Å². The van der Waals surface area contributed by atoms with Crippen LogP contribution in [0.2, 0.25) is 0 Å². The number of ether oxygens (including phenoxy) is 2. The number of benzene rings is 2. The molecule has 1 fully saturated rings. The number of methoxy groups -OCH3 is 2. The Labute approximate surface area is 210 Å². The van der Waals surface area contributed by atoms with Crippen molar-refractivity contribution in [1.29, 1.82) is 0 Å². The topological polar surface area (TPSA) is 96.8 Å². The van der Waals surface area contributed by atoms with Crippen LogP contribution in [-0.2, 0) is 15.1 Å². The Morgan fingerprint density at radius 3 is 2.61 bits per heavy atom. The second-order valence-corrected chi connectivity index (χ2v) is 9.38. The number of hydrogen-bond donors (Lipinski definition) is 2. The molecule has 1 aliphatic rings. The van der Waals surface area contributed by atoms with Crippen LogP contribution >= 0.6 is 0 Å². The molecule has 9 heteroatoms. The Bertz CT molecular complexity index is 1270. The lowest BCUT2D eigenvalue weighted by molar-refractivity contribution is -0.139. The first kappa shape index (κ1) is 25.8. The molecule has 1 aliphatic heterocycles. The number of hydrogen-bond acceptors (Lipinski definition) is 7. The van der Waals surface area contributed by atoms with E-state index < -0.39 is 5.60 Å². The van der Waals surface area contributed by atoms with Crippen LogP contribution in [0.3, 0.4) is 0 Å². The van der Waals surface area contributed by atoms with Crippen LogP contribution in [-0.4, -0.2) is 59.8 Å². The van der Waals surface area contributed by atoms with Crippen LogP contribution in [0.25, 0.3) is 10.9 Å². The van der Waals surface area contributed by atoms with Crippen molar-refractivity contribution in [1.82, 2.24) is 14.9 Å². The molecule has 0 bridgehead atoms. The van der Waals surface area contributed by atoms with Crippen LogP contribution in [0.15, 0.2) is 30.3 Å². The molecule has 2 N–H and O–H groups in total. The Morgan fingerprint density at radius 2 is 1.94 bits per heavy atom. The van der Waals surface area contributed by atoms with Gasteiger partial charge in [-0.2, -0.15) is 0 Å². The van der Waals surface area contributed by atoms with Crippen LogP contribution in [0.4, 0.5) is 10.2 Å². The van der Waals surface area contributed by atoms with E-state index in [1.165, 1.54) is 7.11 Å². The summed E-state index contributed by atoms with van der Waals surface area (Å²) in [4.78, 5) is 23.1. The molecule has 1 atom stereocenters. The first-order chi connectivity index (χ1) is 17.2. The molecule has 1 saturated heterocycles. The second kappa shape index (κ2) is 10.4. The number of anilines is 1. The van der Waals surface area contributed by atoms with E-state index in [0.29, 0.717) is 70.9 Å². The number of nitrogens with zero attached hydrogens (tertiary/aromatic N) is 3. The Kier molecular flexibility index (Phi) is 7.42. The number of amides is 1. The van der Waals surface area contributed by atoms with Gasteiger partial charge in [0.1, 0.15) is 29.8 Å². The Morgan fingerprint density at radius 1 is 1.22 bits per heavy atom. The maximum Gasteiger partial charge on any atom is 0.248 e. The number of rotatable bonds is 7. The molecule has 36 heavy (non-hydrogen) atoms. The third-order valence-corrected chi connectivity index (χ3v) is 6.88. The predicted molar refractivity (Wildman–Crippen MR) is 136 cm³/mol. The van der Waals surface area contributed by atoms with Crippen LogP contribution in [0.5, 0.6) is 5.75 Å². The summed E-state index contributed by atoms with van der Waals surface area (Å²) in [5.74, 6) is 1.27. The normalized spacial score (nSPS) is 16.1. The summed E-state index contributed by atoms with van der Waals surface area (Å²) in [6.45, 7) is 6.24. The van der Waals surface area contributed by atoms with E-state index in [4.69, 9.17) is 9.47 Å². The van der Waals surface area contributed by atoms with E-state index >= 15 is 0 Å². The fraction of sp³-hybridized carbons (Fsp3) is 0.444. The second-order valence-electron chi connectivity index (χ2n) is 9.38. The van der Waals surface area contributed by atoms with Crippen molar-refractivity contribution in [2.24, 2.45) is 0 Å². The van der Waals surface area contributed by atoms with Crippen molar-refractivity contribution in [3.05, 3.63) is 58.7 Å². The number of aliphatic hydroxyl groups is 1. The van der Waals surface area contributed by atoms with Gasteiger partial charge in [0.05, 0.1) is 24.3 Å². The number of likely N-dealkylation sites (tertiary alicyclic amines) is 1. The number of fused-ring (bicyclic) bond motifs is 1. The number of aromatic nitrogens is 2. The average molecular weight is 497 g/mol. The summed E-state index contributed by atoms with van der Waals surface area (Å²) in [6.07, 6.45) is 0.704. The summed E-state index contributed by atoms with van der Waals surface area (Å²) in [5, 5.41) is 15.7. The minimum absolute atomic E-state index is 0.0170. The first-order valence-corrected chi connectivity index (χ1v) is 12.0. The molecule has 1 amide bonds. The Hall–Kier alpha value is -3.30. The zero-order valence-electron chi connectivity index (χ0n) is 21.4. The minimum Gasteiger partial charge on any atom is -0.496 e. The van der Waals surface area contributed by atoms with E-state index in [2.05, 4.69) is 15.3 Å². The number of halogens is 1. The van der Waals surface area contributed by atoms with Gasteiger partial charge in [-0.25, -0.2) is 14.4 Å². The number of nitrogens with one attached hydrogen (secondary N) is 1. The van der Waals surface area contributed by atoms with Crippen molar-refractivity contribution in [3.63, 3.8) is 0 Å². The third kappa shape index (κ3) is 4.99. The summed E-state index contributed by atoms with van der Waals surface area (Å²) < 4.78 is 25.4. The van der Waals surface area contributed by atoms with Gasteiger partial charge in [-0.3, -0.25) is 4.79 Å². The predicted octanol–water partition coefficient (Wildman–Crippen LogP) is 4.02. The maximum atomic E-state index is 14.8. The van der Waals surface area contributed by atoms with Gasteiger partial charge in [-0.15, -0.1) is 0 Å². The highest BCUT2D eigenvalue weighted by molar-refractivity contribution is 5.91. The van der Waals surface area contributed by atoms with Gasteiger partial charge < -0.3 is 24.8 Å². The molecule has 0 saturated carbocycles.